The molecule has 2 rings (SSSR count). The van der Waals surface area contributed by atoms with Crippen LogP contribution >= 0.6 is 11.6 Å². The van der Waals surface area contributed by atoms with Crippen molar-refractivity contribution < 1.29 is 19.8 Å². The lowest BCUT2D eigenvalue weighted by Gasteiger charge is -2.42. The maximum absolute atomic E-state index is 11.8. The van der Waals surface area contributed by atoms with Crippen LogP contribution in [0.3, 0.4) is 0 Å². The smallest absolute Gasteiger partial charge is 0.314 e. The first kappa shape index (κ1) is 14.9. The number of hydrogen-bond donors (Lipinski definition) is 2. The van der Waals surface area contributed by atoms with E-state index in [0.29, 0.717) is 29.8 Å². The van der Waals surface area contributed by atoms with Crippen molar-refractivity contribution in [2.24, 2.45) is 5.41 Å². The van der Waals surface area contributed by atoms with E-state index in [1.807, 2.05) is 0 Å². The average molecular weight is 297 g/mol. The summed E-state index contributed by atoms with van der Waals surface area (Å²) >= 11 is 5.84. The van der Waals surface area contributed by atoms with Gasteiger partial charge in [0.2, 0.25) is 0 Å². The highest BCUT2D eigenvalue weighted by Crippen LogP contribution is 2.48. The second-order valence-corrected chi connectivity index (χ2v) is 6.23. The lowest BCUT2D eigenvalue weighted by Crippen LogP contribution is -2.47. The predicted octanol–water partition coefficient (Wildman–Crippen LogP) is 3.33. The minimum absolute atomic E-state index is 0.103. The number of aliphatic carboxylic acids is 2. The van der Waals surface area contributed by atoms with Gasteiger partial charge in [-0.15, -0.1) is 0 Å². The van der Waals surface area contributed by atoms with E-state index in [0.717, 1.165) is 0 Å². The van der Waals surface area contributed by atoms with Crippen molar-refractivity contribution in [1.29, 1.82) is 0 Å². The molecule has 108 valence electrons. The quantitative estimate of drug-likeness (QED) is 0.897. The number of halogens is 1. The van der Waals surface area contributed by atoms with Gasteiger partial charge in [-0.2, -0.15) is 0 Å². The molecule has 0 radical (unpaired) electrons. The van der Waals surface area contributed by atoms with Crippen LogP contribution in [-0.2, 0) is 15.0 Å². The van der Waals surface area contributed by atoms with Gasteiger partial charge in [-0.05, 0) is 43.9 Å². The number of carboxylic acids is 2. The highest BCUT2D eigenvalue weighted by Gasteiger charge is 2.51. The maximum atomic E-state index is 11.8. The molecular weight excluding hydrogens is 280 g/mol. The fraction of sp³-hybridized carbons (Fsp3) is 0.467. The molecule has 2 N–H and O–H groups in total. The van der Waals surface area contributed by atoms with Crippen molar-refractivity contribution in [3.05, 3.63) is 34.9 Å². The van der Waals surface area contributed by atoms with E-state index in [2.05, 4.69) is 0 Å². The summed E-state index contributed by atoms with van der Waals surface area (Å²) in [5.74, 6) is -1.90. The first-order chi connectivity index (χ1) is 9.30. The van der Waals surface area contributed by atoms with Gasteiger partial charge in [0.1, 0.15) is 0 Å². The molecule has 1 aliphatic carbocycles. The van der Waals surface area contributed by atoms with Gasteiger partial charge >= 0.3 is 11.9 Å². The zero-order valence-electron chi connectivity index (χ0n) is 11.2. The summed E-state index contributed by atoms with van der Waals surface area (Å²) in [6.45, 7) is 1.63. The van der Waals surface area contributed by atoms with Gasteiger partial charge in [-0.1, -0.05) is 30.2 Å². The third kappa shape index (κ3) is 2.40. The fourth-order valence-corrected chi connectivity index (χ4v) is 3.25. The zero-order valence-corrected chi connectivity index (χ0v) is 12.0. The Hall–Kier alpha value is -1.55. The Bertz CT molecular complexity index is 539. The number of carboxylic acid groups (broad SMARTS) is 2. The van der Waals surface area contributed by atoms with Crippen LogP contribution in [0.2, 0.25) is 5.02 Å². The molecule has 1 aliphatic rings. The molecule has 1 aromatic rings. The summed E-state index contributed by atoms with van der Waals surface area (Å²) < 4.78 is 0. The molecule has 1 saturated carbocycles. The normalized spacial score (nSPS) is 29.9. The molecule has 0 spiro atoms. The van der Waals surface area contributed by atoms with Gasteiger partial charge in [-0.3, -0.25) is 9.59 Å². The van der Waals surface area contributed by atoms with Gasteiger partial charge in [0.15, 0.2) is 0 Å². The molecule has 20 heavy (non-hydrogen) atoms. The van der Waals surface area contributed by atoms with Crippen molar-refractivity contribution in [3.63, 3.8) is 0 Å². The molecule has 1 fully saturated rings. The molecule has 1 aromatic carbocycles. The summed E-state index contributed by atoms with van der Waals surface area (Å²) in [5, 5.41) is 19.6. The molecule has 2 atom stereocenters. The lowest BCUT2D eigenvalue weighted by atomic mass is 9.60. The third-order valence-electron chi connectivity index (χ3n) is 4.35. The summed E-state index contributed by atoms with van der Waals surface area (Å²) in [5.41, 5.74) is -1.52. The Morgan fingerprint density at radius 1 is 1.10 bits per heavy atom. The van der Waals surface area contributed by atoms with Crippen LogP contribution in [0.25, 0.3) is 0 Å². The predicted molar refractivity (Wildman–Crippen MR) is 75.0 cm³/mol. The first-order valence-electron chi connectivity index (χ1n) is 6.53. The number of hydrogen-bond acceptors (Lipinski definition) is 2. The zero-order chi connectivity index (χ0) is 15.0. The van der Waals surface area contributed by atoms with E-state index < -0.39 is 22.8 Å². The molecule has 4 nitrogen and oxygen atoms in total. The molecule has 0 saturated heterocycles. The Labute approximate surface area is 122 Å². The molecule has 0 bridgehead atoms. The molecule has 0 amide bonds. The van der Waals surface area contributed by atoms with Gasteiger partial charge in [0.25, 0.3) is 0 Å². The van der Waals surface area contributed by atoms with Crippen LogP contribution in [0.4, 0.5) is 0 Å². The fourth-order valence-electron chi connectivity index (χ4n) is 3.13. The van der Waals surface area contributed by atoms with Crippen molar-refractivity contribution in [3.8, 4) is 0 Å². The summed E-state index contributed by atoms with van der Waals surface area (Å²) in [4.78, 5) is 23.3. The van der Waals surface area contributed by atoms with Crippen LogP contribution in [0.15, 0.2) is 24.3 Å². The first-order valence-corrected chi connectivity index (χ1v) is 6.91. The number of carbonyl (C=O) groups is 2. The number of benzene rings is 1. The highest BCUT2D eigenvalue weighted by molar-refractivity contribution is 6.30. The van der Waals surface area contributed by atoms with Gasteiger partial charge in [0, 0.05) is 5.02 Å². The summed E-state index contributed by atoms with van der Waals surface area (Å²) in [6, 6.07) is 6.66. The van der Waals surface area contributed by atoms with E-state index in [1.165, 1.54) is 0 Å². The van der Waals surface area contributed by atoms with Gasteiger partial charge < -0.3 is 10.2 Å². The van der Waals surface area contributed by atoms with Crippen LogP contribution < -0.4 is 0 Å². The third-order valence-corrected chi connectivity index (χ3v) is 4.60. The minimum Gasteiger partial charge on any atom is -0.481 e. The van der Waals surface area contributed by atoms with Crippen LogP contribution in [0.5, 0.6) is 0 Å². The summed E-state index contributed by atoms with van der Waals surface area (Å²) in [7, 11) is 0. The average Bonchev–Trinajstić information content (AvgIpc) is 2.39. The SMILES string of the molecule is CC1(C(=O)O)CCCC(C(=O)O)(c2ccc(Cl)cc2)C1. The minimum atomic E-state index is -1.14. The standard InChI is InChI=1S/C15H17ClO4/c1-14(12(17)18)7-2-8-15(9-14,13(19)20)10-3-5-11(16)6-4-10/h3-6H,2,7-9H2,1H3,(H,17,18)(H,19,20). The Morgan fingerprint density at radius 3 is 2.20 bits per heavy atom. The monoisotopic (exact) mass is 296 g/mol. The molecule has 0 aromatic heterocycles. The Kier molecular flexibility index (Phi) is 3.78. The second-order valence-electron chi connectivity index (χ2n) is 5.79. The number of rotatable bonds is 3. The Morgan fingerprint density at radius 2 is 1.70 bits per heavy atom. The topological polar surface area (TPSA) is 74.6 Å². The van der Waals surface area contributed by atoms with E-state index in [-0.39, 0.29) is 6.42 Å². The summed E-state index contributed by atoms with van der Waals surface area (Å²) in [6.07, 6.45) is 1.64. The van der Waals surface area contributed by atoms with E-state index in [9.17, 15) is 19.8 Å². The highest BCUT2D eigenvalue weighted by atomic mass is 35.5. The van der Waals surface area contributed by atoms with E-state index in [4.69, 9.17) is 11.6 Å². The Balaban J connectivity index is 2.47. The van der Waals surface area contributed by atoms with Gasteiger partial charge in [0.05, 0.1) is 10.8 Å². The second kappa shape index (κ2) is 5.09. The van der Waals surface area contributed by atoms with Crippen molar-refractivity contribution in [1.82, 2.24) is 0 Å². The largest absolute Gasteiger partial charge is 0.481 e. The molecular formula is C15H17ClO4. The van der Waals surface area contributed by atoms with E-state index >= 15 is 0 Å². The lowest BCUT2D eigenvalue weighted by molar-refractivity contribution is -0.156. The van der Waals surface area contributed by atoms with Crippen molar-refractivity contribution in [2.75, 3.05) is 0 Å². The van der Waals surface area contributed by atoms with Crippen molar-refractivity contribution in [2.45, 2.75) is 38.0 Å². The molecule has 0 aliphatic heterocycles. The van der Waals surface area contributed by atoms with Crippen LogP contribution in [0, 0.1) is 5.41 Å². The molecule has 5 heteroatoms. The maximum Gasteiger partial charge on any atom is 0.314 e. The molecule has 2 unspecified atom stereocenters. The van der Waals surface area contributed by atoms with Crippen LogP contribution in [-0.4, -0.2) is 22.2 Å². The van der Waals surface area contributed by atoms with E-state index in [1.54, 1.807) is 31.2 Å². The van der Waals surface area contributed by atoms with Gasteiger partial charge in [-0.25, -0.2) is 0 Å². The van der Waals surface area contributed by atoms with Crippen molar-refractivity contribution >= 4 is 23.5 Å². The van der Waals surface area contributed by atoms with Crippen LogP contribution in [0.1, 0.15) is 38.2 Å². The molecule has 0 heterocycles.